The number of rotatable bonds is 13. The van der Waals surface area contributed by atoms with E-state index in [1.807, 2.05) is 0 Å². The zero-order chi connectivity index (χ0) is 16.1. The Morgan fingerprint density at radius 2 is 1.62 bits per heavy atom. The molecular weight excluding hydrogens is 288 g/mol. The SMILES string of the molecule is C=C(C)C(=O)OCO[Si](CCCCCCCC)(OC)OC. The first-order valence-electron chi connectivity index (χ1n) is 7.58. The Morgan fingerprint density at radius 1 is 1.05 bits per heavy atom. The highest BCUT2D eigenvalue weighted by Crippen LogP contribution is 2.19. The van der Waals surface area contributed by atoms with Gasteiger partial charge in [-0.05, 0) is 13.3 Å². The van der Waals surface area contributed by atoms with Gasteiger partial charge < -0.3 is 18.0 Å². The molecule has 0 aromatic heterocycles. The highest BCUT2D eigenvalue weighted by Gasteiger charge is 2.38. The average Bonchev–Trinajstić information content (AvgIpc) is 2.48. The van der Waals surface area contributed by atoms with Crippen molar-refractivity contribution in [3.63, 3.8) is 0 Å². The summed E-state index contributed by atoms with van der Waals surface area (Å²) in [5, 5.41) is 0. The fourth-order valence-electron chi connectivity index (χ4n) is 1.90. The van der Waals surface area contributed by atoms with Gasteiger partial charge >= 0.3 is 14.8 Å². The van der Waals surface area contributed by atoms with E-state index in [0.29, 0.717) is 5.57 Å². The first-order chi connectivity index (χ1) is 10.0. The van der Waals surface area contributed by atoms with Crippen LogP contribution in [-0.2, 0) is 22.8 Å². The summed E-state index contributed by atoms with van der Waals surface area (Å²) >= 11 is 0. The number of hydrogen-bond acceptors (Lipinski definition) is 5. The van der Waals surface area contributed by atoms with Crippen LogP contribution in [0.25, 0.3) is 0 Å². The fraction of sp³-hybridized carbons (Fsp3) is 0.800. The minimum Gasteiger partial charge on any atom is -0.436 e. The van der Waals surface area contributed by atoms with Crippen molar-refractivity contribution in [3.05, 3.63) is 12.2 Å². The molecule has 0 N–H and O–H groups in total. The summed E-state index contributed by atoms with van der Waals surface area (Å²) in [7, 11) is 0.433. The van der Waals surface area contributed by atoms with Crippen LogP contribution < -0.4 is 0 Å². The average molecular weight is 318 g/mol. The molecular formula is C15H30O5Si. The molecule has 0 atom stereocenters. The van der Waals surface area contributed by atoms with Gasteiger partial charge in [-0.15, -0.1) is 0 Å². The molecule has 0 radical (unpaired) electrons. The summed E-state index contributed by atoms with van der Waals surface area (Å²) in [6.07, 6.45) is 7.14. The zero-order valence-electron chi connectivity index (χ0n) is 13.9. The van der Waals surface area contributed by atoms with Crippen LogP contribution >= 0.6 is 0 Å². The van der Waals surface area contributed by atoms with E-state index in [2.05, 4.69) is 13.5 Å². The molecule has 0 bridgehead atoms. The molecule has 0 amide bonds. The lowest BCUT2D eigenvalue weighted by atomic mass is 10.1. The van der Waals surface area contributed by atoms with Gasteiger partial charge in [-0.1, -0.05) is 45.6 Å². The lowest BCUT2D eigenvalue weighted by Crippen LogP contribution is -2.44. The van der Waals surface area contributed by atoms with Crippen molar-refractivity contribution in [1.82, 2.24) is 0 Å². The van der Waals surface area contributed by atoms with Gasteiger partial charge in [0.1, 0.15) is 0 Å². The van der Waals surface area contributed by atoms with Gasteiger partial charge in [-0.2, -0.15) is 0 Å². The Balaban J connectivity index is 4.05. The molecule has 0 saturated carbocycles. The smallest absolute Gasteiger partial charge is 0.436 e. The molecule has 0 rings (SSSR count). The molecule has 0 aliphatic heterocycles. The van der Waals surface area contributed by atoms with E-state index in [-0.39, 0.29) is 6.79 Å². The molecule has 0 unspecified atom stereocenters. The molecule has 0 heterocycles. The Hall–Kier alpha value is -0.693. The zero-order valence-corrected chi connectivity index (χ0v) is 14.9. The summed E-state index contributed by atoms with van der Waals surface area (Å²) in [5.41, 5.74) is 0.344. The number of unbranched alkanes of at least 4 members (excludes halogenated alkanes) is 5. The summed E-state index contributed by atoms with van der Waals surface area (Å²) in [6, 6.07) is 0.733. The molecule has 124 valence electrons. The second-order valence-electron chi connectivity index (χ2n) is 5.08. The van der Waals surface area contributed by atoms with Gasteiger partial charge in [0, 0.05) is 25.8 Å². The molecule has 0 aromatic rings. The minimum atomic E-state index is -2.72. The highest BCUT2D eigenvalue weighted by atomic mass is 28.4. The van der Waals surface area contributed by atoms with Gasteiger partial charge in [-0.3, -0.25) is 0 Å². The number of hydrogen-bond donors (Lipinski definition) is 0. The topological polar surface area (TPSA) is 54.0 Å². The summed E-state index contributed by atoms with van der Waals surface area (Å²) in [5.74, 6) is -0.468. The Labute approximate surface area is 130 Å². The third kappa shape index (κ3) is 9.03. The lowest BCUT2D eigenvalue weighted by molar-refractivity contribution is -0.147. The van der Waals surface area contributed by atoms with Crippen LogP contribution in [0.3, 0.4) is 0 Å². The van der Waals surface area contributed by atoms with Crippen LogP contribution in [-0.4, -0.2) is 35.8 Å². The molecule has 21 heavy (non-hydrogen) atoms. The van der Waals surface area contributed by atoms with Crippen LogP contribution in [0.15, 0.2) is 12.2 Å². The minimum absolute atomic E-state index is 0.157. The quantitative estimate of drug-likeness (QED) is 0.170. The molecule has 0 aliphatic rings. The second-order valence-corrected chi connectivity index (χ2v) is 8.05. The van der Waals surface area contributed by atoms with Crippen LogP contribution in [0.1, 0.15) is 52.4 Å². The first kappa shape index (κ1) is 20.3. The lowest BCUT2D eigenvalue weighted by Gasteiger charge is -2.26. The summed E-state index contributed by atoms with van der Waals surface area (Å²) < 4.78 is 21.4. The van der Waals surface area contributed by atoms with E-state index in [1.165, 1.54) is 25.7 Å². The van der Waals surface area contributed by atoms with Gasteiger partial charge in [0.15, 0.2) is 6.79 Å². The van der Waals surface area contributed by atoms with Crippen molar-refractivity contribution < 1.29 is 22.8 Å². The van der Waals surface area contributed by atoms with E-state index in [4.69, 9.17) is 18.0 Å². The van der Waals surface area contributed by atoms with Crippen molar-refractivity contribution in [2.45, 2.75) is 58.4 Å². The number of esters is 1. The Bertz CT molecular complexity index is 302. The predicted octanol–water partition coefficient (Wildman–Crippen LogP) is 3.67. The van der Waals surface area contributed by atoms with Crippen LogP contribution in [0.5, 0.6) is 0 Å². The van der Waals surface area contributed by atoms with Crippen LogP contribution in [0.4, 0.5) is 0 Å². The molecule has 0 fully saturated rings. The van der Waals surface area contributed by atoms with Crippen LogP contribution in [0.2, 0.25) is 6.04 Å². The van der Waals surface area contributed by atoms with Gasteiger partial charge in [0.25, 0.3) is 0 Å². The molecule has 0 saturated heterocycles. The van der Waals surface area contributed by atoms with E-state index in [1.54, 1.807) is 21.1 Å². The van der Waals surface area contributed by atoms with E-state index in [0.717, 1.165) is 18.9 Å². The Morgan fingerprint density at radius 3 is 2.14 bits per heavy atom. The second kappa shape index (κ2) is 11.9. The largest absolute Gasteiger partial charge is 0.502 e. The molecule has 0 aliphatic carbocycles. The van der Waals surface area contributed by atoms with Crippen molar-refractivity contribution >= 4 is 14.8 Å². The van der Waals surface area contributed by atoms with Gasteiger partial charge in [-0.25, -0.2) is 4.79 Å². The maximum atomic E-state index is 11.3. The highest BCUT2D eigenvalue weighted by molar-refractivity contribution is 6.60. The first-order valence-corrected chi connectivity index (χ1v) is 9.51. The maximum absolute atomic E-state index is 11.3. The van der Waals surface area contributed by atoms with E-state index >= 15 is 0 Å². The van der Waals surface area contributed by atoms with E-state index in [9.17, 15) is 4.79 Å². The number of carbonyl (C=O) groups excluding carboxylic acids is 1. The molecule has 0 aromatic carbocycles. The van der Waals surface area contributed by atoms with Crippen LogP contribution in [0, 0.1) is 0 Å². The fourth-order valence-corrected chi connectivity index (χ4v) is 3.77. The van der Waals surface area contributed by atoms with E-state index < -0.39 is 14.8 Å². The maximum Gasteiger partial charge on any atom is 0.502 e. The predicted molar refractivity (Wildman–Crippen MR) is 84.8 cm³/mol. The summed E-state index contributed by atoms with van der Waals surface area (Å²) in [4.78, 5) is 11.3. The molecule has 5 nitrogen and oxygen atoms in total. The third-order valence-electron chi connectivity index (χ3n) is 3.28. The van der Waals surface area contributed by atoms with Crippen molar-refractivity contribution in [2.24, 2.45) is 0 Å². The van der Waals surface area contributed by atoms with Gasteiger partial charge in [0.2, 0.25) is 0 Å². The normalized spacial score (nSPS) is 11.4. The Kier molecular flexibility index (Phi) is 11.5. The van der Waals surface area contributed by atoms with Crippen molar-refractivity contribution in [3.8, 4) is 0 Å². The monoisotopic (exact) mass is 318 g/mol. The molecule has 0 spiro atoms. The number of ether oxygens (including phenoxy) is 1. The standard InChI is InChI=1S/C15H30O5Si/c1-6-7-8-9-10-11-12-21(17-4,18-5)20-13-19-15(16)14(2)3/h2,6-13H2,1,3-5H3. The number of carbonyl (C=O) groups is 1. The molecule has 6 heteroatoms. The van der Waals surface area contributed by atoms with Crippen molar-refractivity contribution in [1.29, 1.82) is 0 Å². The van der Waals surface area contributed by atoms with Gasteiger partial charge in [0.05, 0.1) is 0 Å². The summed E-state index contributed by atoms with van der Waals surface area (Å²) in [6.45, 7) is 7.15. The third-order valence-corrected chi connectivity index (χ3v) is 6.04. The van der Waals surface area contributed by atoms with Crippen molar-refractivity contribution in [2.75, 3.05) is 21.0 Å².